The fourth-order valence-corrected chi connectivity index (χ4v) is 3.25. The van der Waals surface area contributed by atoms with E-state index in [0.29, 0.717) is 12.3 Å². The summed E-state index contributed by atoms with van der Waals surface area (Å²) in [5, 5.41) is 9.96. The SMILES string of the molecule is Cc1nc2nc(N)nn2c(C)c1CC(=O)NCc1cccc(NC(=O)C2CC2)c1. The van der Waals surface area contributed by atoms with Gasteiger partial charge in [0.2, 0.25) is 17.8 Å². The van der Waals surface area contributed by atoms with Crippen LogP contribution < -0.4 is 16.4 Å². The molecule has 0 aliphatic heterocycles. The zero-order chi connectivity index (χ0) is 20.5. The van der Waals surface area contributed by atoms with Crippen LogP contribution in [0.5, 0.6) is 0 Å². The third kappa shape index (κ3) is 4.18. The lowest BCUT2D eigenvalue weighted by Gasteiger charge is -2.11. The second kappa shape index (κ2) is 7.50. The molecular weight excluding hydrogens is 370 g/mol. The molecule has 4 N–H and O–H groups in total. The predicted molar refractivity (Wildman–Crippen MR) is 108 cm³/mol. The number of nitrogen functional groups attached to an aromatic ring is 1. The molecule has 0 bridgehead atoms. The minimum absolute atomic E-state index is 0.0637. The van der Waals surface area contributed by atoms with Gasteiger partial charge in [-0.25, -0.2) is 4.98 Å². The molecule has 150 valence electrons. The van der Waals surface area contributed by atoms with Gasteiger partial charge in [0.15, 0.2) is 0 Å². The monoisotopic (exact) mass is 393 g/mol. The number of benzene rings is 1. The summed E-state index contributed by atoms with van der Waals surface area (Å²) in [5.41, 5.74) is 9.62. The second-order valence-electron chi connectivity index (χ2n) is 7.36. The molecule has 9 nitrogen and oxygen atoms in total. The number of fused-ring (bicyclic) bond motifs is 1. The van der Waals surface area contributed by atoms with Crippen molar-refractivity contribution in [2.75, 3.05) is 11.1 Å². The van der Waals surface area contributed by atoms with Crippen molar-refractivity contribution < 1.29 is 9.59 Å². The topological polar surface area (TPSA) is 127 Å². The molecule has 1 fully saturated rings. The molecule has 2 aromatic heterocycles. The lowest BCUT2D eigenvalue weighted by atomic mass is 10.1. The molecule has 9 heteroatoms. The van der Waals surface area contributed by atoms with Crippen LogP contribution in [0.25, 0.3) is 5.78 Å². The Bertz CT molecular complexity index is 1100. The first-order valence-corrected chi connectivity index (χ1v) is 9.55. The third-order valence-corrected chi connectivity index (χ3v) is 5.04. The fraction of sp³-hybridized carbons (Fsp3) is 0.350. The molecule has 1 aliphatic carbocycles. The molecular formula is C20H23N7O2. The molecule has 2 heterocycles. The van der Waals surface area contributed by atoms with Crippen molar-refractivity contribution in [2.24, 2.45) is 5.92 Å². The van der Waals surface area contributed by atoms with Gasteiger partial charge in [0.05, 0.1) is 6.42 Å². The Morgan fingerprint density at radius 2 is 2.03 bits per heavy atom. The predicted octanol–water partition coefficient (Wildman–Crippen LogP) is 1.53. The van der Waals surface area contributed by atoms with Crippen molar-refractivity contribution in [1.82, 2.24) is 24.9 Å². The Morgan fingerprint density at radius 3 is 2.79 bits per heavy atom. The Hall–Kier alpha value is -3.49. The minimum Gasteiger partial charge on any atom is -0.366 e. The van der Waals surface area contributed by atoms with Crippen molar-refractivity contribution in [3.05, 3.63) is 46.8 Å². The first-order valence-electron chi connectivity index (χ1n) is 9.55. The number of anilines is 2. The van der Waals surface area contributed by atoms with Crippen LogP contribution >= 0.6 is 0 Å². The summed E-state index contributed by atoms with van der Waals surface area (Å²) in [7, 11) is 0. The first-order chi connectivity index (χ1) is 13.9. The van der Waals surface area contributed by atoms with Gasteiger partial charge in [-0.2, -0.15) is 9.50 Å². The van der Waals surface area contributed by atoms with Crippen molar-refractivity contribution in [1.29, 1.82) is 0 Å². The van der Waals surface area contributed by atoms with E-state index in [9.17, 15) is 9.59 Å². The zero-order valence-electron chi connectivity index (χ0n) is 16.4. The number of nitrogens with one attached hydrogen (secondary N) is 2. The van der Waals surface area contributed by atoms with Gasteiger partial charge in [0, 0.05) is 35.1 Å². The first kappa shape index (κ1) is 18.9. The van der Waals surface area contributed by atoms with Crippen LogP contribution in [0.1, 0.15) is 35.4 Å². The molecule has 0 radical (unpaired) electrons. The van der Waals surface area contributed by atoms with Crippen molar-refractivity contribution in [3.8, 4) is 0 Å². The molecule has 4 rings (SSSR count). The maximum absolute atomic E-state index is 12.5. The number of nitrogens with zero attached hydrogens (tertiary/aromatic N) is 4. The van der Waals surface area contributed by atoms with E-state index in [1.54, 1.807) is 4.52 Å². The number of carbonyl (C=O) groups excluding carboxylic acids is 2. The van der Waals surface area contributed by atoms with E-state index < -0.39 is 0 Å². The molecule has 29 heavy (non-hydrogen) atoms. The molecule has 0 atom stereocenters. The Labute approximate surface area is 167 Å². The maximum Gasteiger partial charge on any atom is 0.254 e. The number of rotatable bonds is 6. The highest BCUT2D eigenvalue weighted by Crippen LogP contribution is 2.30. The van der Waals surface area contributed by atoms with Gasteiger partial charge in [-0.3, -0.25) is 9.59 Å². The maximum atomic E-state index is 12.5. The van der Waals surface area contributed by atoms with Gasteiger partial charge in [0.1, 0.15) is 0 Å². The van der Waals surface area contributed by atoms with Crippen LogP contribution in [0.3, 0.4) is 0 Å². The quantitative estimate of drug-likeness (QED) is 0.583. The number of carbonyl (C=O) groups is 2. The molecule has 1 aromatic carbocycles. The van der Waals surface area contributed by atoms with Gasteiger partial charge in [-0.1, -0.05) is 12.1 Å². The van der Waals surface area contributed by atoms with E-state index >= 15 is 0 Å². The van der Waals surface area contributed by atoms with Crippen LogP contribution in [0, 0.1) is 19.8 Å². The summed E-state index contributed by atoms with van der Waals surface area (Å²) in [6.07, 6.45) is 2.10. The van der Waals surface area contributed by atoms with Crippen molar-refractivity contribution >= 4 is 29.2 Å². The summed E-state index contributed by atoms with van der Waals surface area (Å²) in [6, 6.07) is 7.51. The number of nitrogens with two attached hydrogens (primary N) is 1. The highest BCUT2D eigenvalue weighted by Gasteiger charge is 2.29. The molecule has 1 saturated carbocycles. The van der Waals surface area contributed by atoms with Crippen LogP contribution in [-0.4, -0.2) is 31.4 Å². The third-order valence-electron chi connectivity index (χ3n) is 5.04. The molecule has 0 saturated heterocycles. The summed E-state index contributed by atoms with van der Waals surface area (Å²) in [4.78, 5) is 32.9. The highest BCUT2D eigenvalue weighted by molar-refractivity contribution is 5.94. The minimum atomic E-state index is -0.127. The van der Waals surface area contributed by atoms with Gasteiger partial charge >= 0.3 is 0 Å². The number of aromatic nitrogens is 4. The molecule has 0 unspecified atom stereocenters. The normalized spacial score (nSPS) is 13.4. The Morgan fingerprint density at radius 1 is 1.24 bits per heavy atom. The van der Waals surface area contributed by atoms with Crippen molar-refractivity contribution in [3.63, 3.8) is 0 Å². The summed E-state index contributed by atoms with van der Waals surface area (Å²) < 4.78 is 1.55. The largest absolute Gasteiger partial charge is 0.366 e. The van der Waals surface area contributed by atoms with Gasteiger partial charge < -0.3 is 16.4 Å². The average Bonchev–Trinajstić information content (AvgIpc) is 3.46. The summed E-state index contributed by atoms with van der Waals surface area (Å²) >= 11 is 0. The lowest BCUT2D eigenvalue weighted by Crippen LogP contribution is -2.26. The number of amides is 2. The van der Waals surface area contributed by atoms with Crippen LogP contribution in [0.15, 0.2) is 24.3 Å². The van der Waals surface area contributed by atoms with Gasteiger partial charge in [-0.05, 0) is 44.4 Å². The van der Waals surface area contributed by atoms with Gasteiger partial charge in [0.25, 0.3) is 5.78 Å². The summed E-state index contributed by atoms with van der Waals surface area (Å²) in [5.74, 6) is 0.657. The Balaban J connectivity index is 1.40. The average molecular weight is 393 g/mol. The smallest absolute Gasteiger partial charge is 0.254 e. The number of aryl methyl sites for hydroxylation is 2. The lowest BCUT2D eigenvalue weighted by molar-refractivity contribution is -0.120. The Kier molecular flexibility index (Phi) is 4.87. The van der Waals surface area contributed by atoms with Gasteiger partial charge in [-0.15, -0.1) is 5.10 Å². The second-order valence-corrected chi connectivity index (χ2v) is 7.36. The van der Waals surface area contributed by atoms with Crippen LogP contribution in [0.2, 0.25) is 0 Å². The van der Waals surface area contributed by atoms with Crippen molar-refractivity contribution in [2.45, 2.75) is 39.7 Å². The fourth-order valence-electron chi connectivity index (χ4n) is 3.25. The number of hydrogen-bond acceptors (Lipinski definition) is 6. The molecule has 2 amide bonds. The summed E-state index contributed by atoms with van der Waals surface area (Å²) in [6.45, 7) is 4.08. The molecule has 0 spiro atoms. The standard InChI is InChI=1S/C20H23N7O2/c1-11-16(12(2)27-20(23-11)25-19(21)26-27)9-17(28)22-10-13-4-3-5-15(8-13)24-18(29)14-6-7-14/h3-5,8,14H,6-7,9-10H2,1-2H3,(H2,21,26)(H,22,28)(H,24,29). The van der Waals surface area contributed by atoms with E-state index in [-0.39, 0.29) is 30.1 Å². The van der Waals surface area contributed by atoms with Crippen LogP contribution in [0.4, 0.5) is 11.6 Å². The molecule has 1 aliphatic rings. The van der Waals surface area contributed by atoms with Crippen LogP contribution in [-0.2, 0) is 22.6 Å². The van der Waals surface area contributed by atoms with E-state index in [1.165, 1.54) is 0 Å². The molecule has 3 aromatic rings. The van der Waals surface area contributed by atoms with E-state index in [2.05, 4.69) is 25.7 Å². The van der Waals surface area contributed by atoms with E-state index in [0.717, 1.165) is 41.0 Å². The highest BCUT2D eigenvalue weighted by atomic mass is 16.2. The zero-order valence-corrected chi connectivity index (χ0v) is 16.4. The number of hydrogen-bond donors (Lipinski definition) is 3. The van der Waals surface area contributed by atoms with E-state index in [1.807, 2.05) is 38.1 Å². The van der Waals surface area contributed by atoms with E-state index in [4.69, 9.17) is 5.73 Å².